The molecule has 3 aromatic rings. The van der Waals surface area contributed by atoms with E-state index in [1.54, 1.807) is 31.3 Å². The van der Waals surface area contributed by atoms with Crippen molar-refractivity contribution >= 4 is 34.8 Å². The number of nitrogens with zero attached hydrogens (tertiary/aromatic N) is 1. The smallest absolute Gasteiger partial charge is 0.255 e. The summed E-state index contributed by atoms with van der Waals surface area (Å²) in [7, 11) is 0. The van der Waals surface area contributed by atoms with Crippen LogP contribution in [-0.2, 0) is 0 Å². The molecule has 0 spiro atoms. The van der Waals surface area contributed by atoms with E-state index in [9.17, 15) is 9.59 Å². The monoisotopic (exact) mass is 434 g/mol. The number of H-pyrrole nitrogens is 1. The Morgan fingerprint density at radius 3 is 2.69 bits per heavy atom. The summed E-state index contributed by atoms with van der Waals surface area (Å²) in [6.45, 7) is 8.46. The van der Waals surface area contributed by atoms with E-state index in [1.165, 1.54) is 6.08 Å². The third kappa shape index (κ3) is 3.47. The van der Waals surface area contributed by atoms with Crippen LogP contribution in [0.2, 0.25) is 0 Å². The molecule has 0 bridgehead atoms. The first kappa shape index (κ1) is 21.4. The first-order valence-electron chi connectivity index (χ1n) is 10.4. The zero-order valence-corrected chi connectivity index (χ0v) is 18.5. The summed E-state index contributed by atoms with van der Waals surface area (Å²) in [6, 6.07) is 5.29. The molecule has 1 saturated heterocycles. The van der Waals surface area contributed by atoms with Crippen molar-refractivity contribution in [1.29, 1.82) is 5.41 Å². The molecule has 0 unspecified atom stereocenters. The lowest BCUT2D eigenvalue weighted by atomic mass is 9.91. The third-order valence-corrected chi connectivity index (χ3v) is 6.22. The third-order valence-electron chi connectivity index (χ3n) is 6.22. The molecule has 2 amide bonds. The fraction of sp³-hybridized carbons (Fsp3) is 0.292. The molecule has 2 aromatic heterocycles. The van der Waals surface area contributed by atoms with Gasteiger partial charge in [0.2, 0.25) is 0 Å². The topological polar surface area (TPSA) is 125 Å². The number of hydrogen-bond donors (Lipinski definition) is 3. The van der Waals surface area contributed by atoms with Gasteiger partial charge in [0.15, 0.2) is 5.76 Å². The van der Waals surface area contributed by atoms with E-state index in [4.69, 9.17) is 20.3 Å². The van der Waals surface area contributed by atoms with E-state index < -0.39 is 5.91 Å². The van der Waals surface area contributed by atoms with Gasteiger partial charge in [-0.25, -0.2) is 0 Å². The van der Waals surface area contributed by atoms with Gasteiger partial charge < -0.3 is 30.2 Å². The Balaban J connectivity index is 1.63. The van der Waals surface area contributed by atoms with Crippen LogP contribution in [0.4, 0.5) is 0 Å². The summed E-state index contributed by atoms with van der Waals surface area (Å²) in [5, 5.41) is 8.15. The van der Waals surface area contributed by atoms with Crippen molar-refractivity contribution in [3.63, 3.8) is 0 Å². The average molecular weight is 434 g/mol. The summed E-state index contributed by atoms with van der Waals surface area (Å²) in [5.74, 6) is 1.21. The van der Waals surface area contributed by atoms with E-state index in [-0.39, 0.29) is 11.9 Å². The Morgan fingerprint density at radius 1 is 1.31 bits per heavy atom. The molecule has 1 aliphatic rings. The number of furan rings is 1. The van der Waals surface area contributed by atoms with Crippen LogP contribution in [0.3, 0.4) is 0 Å². The second-order valence-corrected chi connectivity index (χ2v) is 8.23. The van der Waals surface area contributed by atoms with Crippen LogP contribution in [0.1, 0.15) is 51.6 Å². The van der Waals surface area contributed by atoms with Crippen molar-refractivity contribution in [2.24, 2.45) is 11.7 Å². The molecule has 166 valence electrons. The fourth-order valence-electron chi connectivity index (χ4n) is 4.13. The number of primary amides is 1. The van der Waals surface area contributed by atoms with Gasteiger partial charge in [0, 0.05) is 42.5 Å². The number of nitrogens with one attached hydrogen (secondary N) is 2. The normalized spacial score (nSPS) is 18.5. The summed E-state index contributed by atoms with van der Waals surface area (Å²) >= 11 is 0. The second-order valence-electron chi connectivity index (χ2n) is 8.23. The van der Waals surface area contributed by atoms with Gasteiger partial charge in [-0.1, -0.05) is 6.92 Å². The fourth-order valence-corrected chi connectivity index (χ4v) is 4.13. The molecule has 0 aliphatic carbocycles. The number of likely N-dealkylation sites (tertiary alicyclic amines) is 1. The van der Waals surface area contributed by atoms with Crippen LogP contribution in [0.15, 0.2) is 34.9 Å². The number of hydrogen-bond acceptors (Lipinski definition) is 5. The van der Waals surface area contributed by atoms with Gasteiger partial charge in [-0.2, -0.15) is 0 Å². The number of nitrogens with two attached hydrogens (primary N) is 1. The van der Waals surface area contributed by atoms with Crippen LogP contribution >= 0.6 is 0 Å². The number of rotatable bonds is 6. The van der Waals surface area contributed by atoms with Crippen molar-refractivity contribution in [1.82, 2.24) is 9.88 Å². The average Bonchev–Trinajstić information content (AvgIpc) is 3.29. The maximum absolute atomic E-state index is 12.9. The van der Waals surface area contributed by atoms with E-state index in [0.29, 0.717) is 51.0 Å². The minimum Gasteiger partial charge on any atom is -0.460 e. The SMILES string of the molecule is Cc1oc2cc(O/C(=C/C=N)c3[nH]cc(C(=O)N4C[C@@H](C)[C@@H]4C)c3C)ccc2c1C(N)=O. The summed E-state index contributed by atoms with van der Waals surface area (Å²) in [5.41, 5.74) is 8.23. The maximum atomic E-state index is 12.9. The minimum absolute atomic E-state index is 0.0173. The minimum atomic E-state index is -0.551. The Bertz CT molecular complexity index is 1270. The van der Waals surface area contributed by atoms with Crippen molar-refractivity contribution in [2.75, 3.05) is 6.54 Å². The number of aryl methyl sites for hydroxylation is 1. The summed E-state index contributed by atoms with van der Waals surface area (Å²) in [6.07, 6.45) is 4.31. The van der Waals surface area contributed by atoms with Crippen LogP contribution < -0.4 is 10.5 Å². The van der Waals surface area contributed by atoms with Gasteiger partial charge in [0.05, 0.1) is 16.8 Å². The van der Waals surface area contributed by atoms with Gasteiger partial charge in [-0.05, 0) is 44.4 Å². The number of aromatic amines is 1. The Morgan fingerprint density at radius 2 is 2.06 bits per heavy atom. The van der Waals surface area contributed by atoms with Gasteiger partial charge >= 0.3 is 0 Å². The molecule has 2 atom stereocenters. The van der Waals surface area contributed by atoms with Crippen LogP contribution in [0, 0.1) is 25.2 Å². The van der Waals surface area contributed by atoms with Gasteiger partial charge in [0.1, 0.15) is 17.1 Å². The molecular weight excluding hydrogens is 408 g/mol. The van der Waals surface area contributed by atoms with Crippen molar-refractivity contribution in [3.05, 3.63) is 58.6 Å². The van der Waals surface area contributed by atoms with Crippen LogP contribution in [0.25, 0.3) is 16.7 Å². The van der Waals surface area contributed by atoms with E-state index >= 15 is 0 Å². The molecule has 1 fully saturated rings. The number of benzene rings is 1. The van der Waals surface area contributed by atoms with Gasteiger partial charge in [0.25, 0.3) is 11.8 Å². The Labute approximate surface area is 185 Å². The van der Waals surface area contributed by atoms with Crippen molar-refractivity contribution in [2.45, 2.75) is 33.7 Å². The second kappa shape index (κ2) is 8.03. The van der Waals surface area contributed by atoms with Crippen LogP contribution in [-0.4, -0.2) is 40.5 Å². The Hall–Kier alpha value is -3.81. The van der Waals surface area contributed by atoms with Crippen molar-refractivity contribution < 1.29 is 18.7 Å². The molecule has 8 nitrogen and oxygen atoms in total. The van der Waals surface area contributed by atoms with Crippen LogP contribution in [0.5, 0.6) is 5.75 Å². The zero-order valence-electron chi connectivity index (χ0n) is 18.5. The molecule has 8 heteroatoms. The standard InChI is InChI=1S/C24H26N4O4/c1-12-11-28(14(12)3)24(30)18-10-27-22(13(18)2)19(7-8-25)32-16-5-6-17-20(9-16)31-15(4)21(17)23(26)29/h5-10,12,14,25,27H,11H2,1-4H3,(H2,26,29)/b19-7+,25-8?/t12-,14+/m1/s1. The first-order valence-corrected chi connectivity index (χ1v) is 10.4. The van der Waals surface area contributed by atoms with E-state index in [0.717, 1.165) is 18.3 Å². The first-order chi connectivity index (χ1) is 15.2. The van der Waals surface area contributed by atoms with Gasteiger partial charge in [-0.3, -0.25) is 9.59 Å². The predicted octanol–water partition coefficient (Wildman–Crippen LogP) is 4.03. The number of amides is 2. The predicted molar refractivity (Wildman–Crippen MR) is 122 cm³/mol. The molecule has 3 heterocycles. The quantitative estimate of drug-likeness (QED) is 0.400. The molecular formula is C24H26N4O4. The summed E-state index contributed by atoms with van der Waals surface area (Å²) < 4.78 is 11.7. The highest BCUT2D eigenvalue weighted by Crippen LogP contribution is 2.32. The molecule has 0 radical (unpaired) electrons. The zero-order chi connectivity index (χ0) is 23.2. The number of carbonyl (C=O) groups excluding carboxylic acids is 2. The highest BCUT2D eigenvalue weighted by atomic mass is 16.5. The number of allylic oxidation sites excluding steroid dienone is 1. The van der Waals surface area contributed by atoms with E-state index in [2.05, 4.69) is 18.8 Å². The maximum Gasteiger partial charge on any atom is 0.255 e. The molecule has 0 saturated carbocycles. The van der Waals surface area contributed by atoms with E-state index in [1.807, 2.05) is 11.8 Å². The largest absolute Gasteiger partial charge is 0.460 e. The molecule has 4 rings (SSSR count). The molecule has 4 N–H and O–H groups in total. The lowest BCUT2D eigenvalue weighted by molar-refractivity contribution is 0.0269. The summed E-state index contributed by atoms with van der Waals surface area (Å²) in [4.78, 5) is 29.6. The molecule has 1 aromatic carbocycles. The number of fused-ring (bicyclic) bond motifs is 1. The number of carbonyl (C=O) groups is 2. The molecule has 1 aliphatic heterocycles. The number of aromatic nitrogens is 1. The van der Waals surface area contributed by atoms with Crippen molar-refractivity contribution in [3.8, 4) is 5.75 Å². The highest BCUT2D eigenvalue weighted by Gasteiger charge is 2.37. The lowest BCUT2D eigenvalue weighted by Gasteiger charge is -2.44. The molecule has 32 heavy (non-hydrogen) atoms. The highest BCUT2D eigenvalue weighted by molar-refractivity contribution is 6.06. The Kier molecular flexibility index (Phi) is 5.38. The lowest BCUT2D eigenvalue weighted by Crippen LogP contribution is -2.55. The number of ether oxygens (including phenoxy) is 1. The van der Waals surface area contributed by atoms with Gasteiger partial charge in [-0.15, -0.1) is 0 Å².